The summed E-state index contributed by atoms with van der Waals surface area (Å²) in [4.78, 5) is 13.1. The molecule has 1 aromatic carbocycles. The molecule has 0 saturated heterocycles. The van der Waals surface area contributed by atoms with Crippen LogP contribution in [0.2, 0.25) is 0 Å². The maximum atomic E-state index is 13.1. The fraction of sp³-hybridized carbons (Fsp3) is 0.667. The minimum absolute atomic E-state index is 0.0932. The molecule has 4 fully saturated rings. The van der Waals surface area contributed by atoms with Crippen molar-refractivity contribution in [2.75, 3.05) is 12.3 Å². The fourth-order valence-corrected chi connectivity index (χ4v) is 6.89. The largest absolute Gasteiger partial charge is 0.399 e. The lowest BCUT2D eigenvalue weighted by Crippen LogP contribution is -2.60. The number of carbonyl (C=O) groups excluding carboxylic acids is 1. The third-order valence-electron chi connectivity index (χ3n) is 6.79. The van der Waals surface area contributed by atoms with E-state index in [1.165, 1.54) is 24.8 Å². The molecule has 2 atom stereocenters. The number of carbonyl (C=O) groups is 1. The van der Waals surface area contributed by atoms with Gasteiger partial charge in [0, 0.05) is 12.2 Å². The summed E-state index contributed by atoms with van der Waals surface area (Å²) in [6, 6.07) is 7.96. The number of rotatable bonds is 4. The lowest BCUT2D eigenvalue weighted by molar-refractivity contribution is -0.170. The topological polar surface area (TPSA) is 55.1 Å². The van der Waals surface area contributed by atoms with Crippen LogP contribution in [0.4, 0.5) is 5.69 Å². The highest BCUT2D eigenvalue weighted by atomic mass is 16.2. The van der Waals surface area contributed by atoms with Crippen molar-refractivity contribution in [1.29, 1.82) is 0 Å². The molecule has 24 heavy (non-hydrogen) atoms. The van der Waals surface area contributed by atoms with Crippen molar-refractivity contribution in [3.63, 3.8) is 0 Å². The lowest BCUT2D eigenvalue weighted by Gasteiger charge is -2.64. The number of nitrogens with one attached hydrogen (secondary N) is 1. The Morgan fingerprint density at radius 2 is 1.71 bits per heavy atom. The first-order valence-electron chi connectivity index (χ1n) is 9.43. The molecule has 0 spiro atoms. The summed E-state index contributed by atoms with van der Waals surface area (Å²) < 4.78 is 0. The molecule has 0 heterocycles. The summed E-state index contributed by atoms with van der Waals surface area (Å²) in [6.45, 7) is 5.57. The second-order valence-electron chi connectivity index (χ2n) is 9.66. The number of amides is 1. The molecule has 130 valence electrons. The minimum atomic E-state index is -0.0932. The third kappa shape index (κ3) is 2.72. The molecule has 0 aliphatic heterocycles. The van der Waals surface area contributed by atoms with Gasteiger partial charge in [-0.25, -0.2) is 0 Å². The predicted octanol–water partition coefficient (Wildman–Crippen LogP) is 3.92. The molecule has 3 heteroatoms. The van der Waals surface area contributed by atoms with E-state index in [1.807, 2.05) is 24.3 Å². The molecule has 3 N–H and O–H groups in total. The second kappa shape index (κ2) is 5.24. The molecular weight excluding hydrogens is 296 g/mol. The van der Waals surface area contributed by atoms with Crippen LogP contribution < -0.4 is 11.1 Å². The van der Waals surface area contributed by atoms with Crippen LogP contribution in [0, 0.1) is 22.2 Å². The number of anilines is 1. The highest BCUT2D eigenvalue weighted by Crippen LogP contribution is 2.69. The molecule has 4 saturated carbocycles. The number of hydrogen-bond acceptors (Lipinski definition) is 2. The molecule has 1 aromatic rings. The first-order chi connectivity index (χ1) is 11.3. The van der Waals surface area contributed by atoms with Crippen LogP contribution in [0.1, 0.15) is 57.9 Å². The van der Waals surface area contributed by atoms with E-state index in [1.54, 1.807) is 0 Å². The van der Waals surface area contributed by atoms with Crippen LogP contribution in [0.3, 0.4) is 0 Å². The average Bonchev–Trinajstić information content (AvgIpc) is 2.45. The van der Waals surface area contributed by atoms with Crippen molar-refractivity contribution >= 4 is 11.6 Å². The molecule has 0 radical (unpaired) electrons. The fourth-order valence-electron chi connectivity index (χ4n) is 6.89. The van der Waals surface area contributed by atoms with Gasteiger partial charge in [-0.15, -0.1) is 0 Å². The number of benzene rings is 1. The molecule has 0 aromatic heterocycles. The molecule has 4 aliphatic rings. The standard InChI is InChI=1S/C21H30N2O/c1-19-9-16-10-20(2,12-19)14-21(11-16,13-19)18(24)23-8-7-15-3-5-17(22)6-4-15/h3-6,16H,7-14,22H2,1-2H3,(H,23,24). The third-order valence-corrected chi connectivity index (χ3v) is 6.79. The Balaban J connectivity index is 1.42. The van der Waals surface area contributed by atoms with Gasteiger partial charge in [-0.1, -0.05) is 26.0 Å². The summed E-state index contributed by atoms with van der Waals surface area (Å²) in [5, 5.41) is 3.27. The van der Waals surface area contributed by atoms with Gasteiger partial charge in [0.05, 0.1) is 5.41 Å². The minimum Gasteiger partial charge on any atom is -0.399 e. The van der Waals surface area contributed by atoms with E-state index < -0.39 is 0 Å². The maximum absolute atomic E-state index is 13.1. The van der Waals surface area contributed by atoms with Crippen molar-refractivity contribution in [3.8, 4) is 0 Å². The van der Waals surface area contributed by atoms with Crippen LogP contribution in [0.15, 0.2) is 24.3 Å². The molecule has 2 unspecified atom stereocenters. The highest BCUT2D eigenvalue weighted by Gasteiger charge is 2.62. The van der Waals surface area contributed by atoms with E-state index in [9.17, 15) is 4.79 Å². The van der Waals surface area contributed by atoms with Crippen molar-refractivity contribution in [2.24, 2.45) is 22.2 Å². The SMILES string of the molecule is CC12CC3CC(C)(C1)CC(C(=O)NCCc1ccc(N)cc1)(C3)C2. The van der Waals surface area contributed by atoms with Gasteiger partial charge in [0.2, 0.25) is 5.91 Å². The summed E-state index contributed by atoms with van der Waals surface area (Å²) in [7, 11) is 0. The quantitative estimate of drug-likeness (QED) is 0.824. The van der Waals surface area contributed by atoms with Gasteiger partial charge in [-0.05, 0) is 79.4 Å². The highest BCUT2D eigenvalue weighted by molar-refractivity contribution is 5.83. The molecule has 3 nitrogen and oxygen atoms in total. The van der Waals surface area contributed by atoms with Crippen molar-refractivity contribution in [2.45, 2.75) is 58.8 Å². The summed E-state index contributed by atoms with van der Waals surface area (Å²) >= 11 is 0. The zero-order chi connectivity index (χ0) is 17.0. The van der Waals surface area contributed by atoms with Gasteiger partial charge in [0.25, 0.3) is 0 Å². The van der Waals surface area contributed by atoms with E-state index in [0.717, 1.165) is 43.8 Å². The first kappa shape index (κ1) is 16.0. The lowest BCUT2D eigenvalue weighted by atomic mass is 9.40. The molecular formula is C21H30N2O. The van der Waals surface area contributed by atoms with E-state index >= 15 is 0 Å². The zero-order valence-corrected chi connectivity index (χ0v) is 15.0. The second-order valence-corrected chi connectivity index (χ2v) is 9.66. The first-order valence-corrected chi connectivity index (χ1v) is 9.43. The Labute approximate surface area is 145 Å². The average molecular weight is 326 g/mol. The van der Waals surface area contributed by atoms with Crippen molar-refractivity contribution < 1.29 is 4.79 Å². The van der Waals surface area contributed by atoms with E-state index in [4.69, 9.17) is 5.73 Å². The van der Waals surface area contributed by atoms with Crippen LogP contribution in [0.5, 0.6) is 0 Å². The van der Waals surface area contributed by atoms with Gasteiger partial charge in [0.15, 0.2) is 0 Å². The Kier molecular flexibility index (Phi) is 3.49. The number of nitrogens with two attached hydrogens (primary N) is 1. The zero-order valence-electron chi connectivity index (χ0n) is 15.0. The van der Waals surface area contributed by atoms with Gasteiger partial charge in [0.1, 0.15) is 0 Å². The summed E-state index contributed by atoms with van der Waals surface area (Å²) in [5.41, 5.74) is 8.44. The summed E-state index contributed by atoms with van der Waals surface area (Å²) in [5.74, 6) is 1.08. The predicted molar refractivity (Wildman–Crippen MR) is 97.4 cm³/mol. The maximum Gasteiger partial charge on any atom is 0.226 e. The van der Waals surface area contributed by atoms with Crippen LogP contribution in [0.25, 0.3) is 0 Å². The molecule has 4 aliphatic carbocycles. The summed E-state index contributed by atoms with van der Waals surface area (Å²) in [6.07, 6.45) is 8.18. The van der Waals surface area contributed by atoms with Crippen molar-refractivity contribution in [3.05, 3.63) is 29.8 Å². The molecule has 1 amide bonds. The smallest absolute Gasteiger partial charge is 0.226 e. The molecule has 5 rings (SSSR count). The van der Waals surface area contributed by atoms with E-state index in [-0.39, 0.29) is 5.41 Å². The Hall–Kier alpha value is -1.51. The van der Waals surface area contributed by atoms with Crippen molar-refractivity contribution in [1.82, 2.24) is 5.32 Å². The number of hydrogen-bond donors (Lipinski definition) is 2. The van der Waals surface area contributed by atoms with Crippen LogP contribution in [-0.4, -0.2) is 12.5 Å². The Morgan fingerprint density at radius 1 is 1.08 bits per heavy atom. The number of nitrogen functional groups attached to an aromatic ring is 1. The van der Waals surface area contributed by atoms with E-state index in [2.05, 4.69) is 19.2 Å². The van der Waals surface area contributed by atoms with Gasteiger partial charge < -0.3 is 11.1 Å². The Morgan fingerprint density at radius 3 is 2.29 bits per heavy atom. The van der Waals surface area contributed by atoms with Crippen LogP contribution >= 0.6 is 0 Å². The molecule has 4 bridgehead atoms. The van der Waals surface area contributed by atoms with Gasteiger partial charge >= 0.3 is 0 Å². The Bertz CT molecular complexity index is 632. The van der Waals surface area contributed by atoms with Gasteiger partial charge in [-0.3, -0.25) is 4.79 Å². The van der Waals surface area contributed by atoms with E-state index in [0.29, 0.717) is 16.7 Å². The van der Waals surface area contributed by atoms with Gasteiger partial charge in [-0.2, -0.15) is 0 Å². The monoisotopic (exact) mass is 326 g/mol. The normalized spacial score (nSPS) is 39.8. The van der Waals surface area contributed by atoms with Crippen LogP contribution in [-0.2, 0) is 11.2 Å².